The zero-order valence-corrected chi connectivity index (χ0v) is 14.0. The molecule has 1 aromatic carbocycles. The molecule has 3 atom stereocenters. The van der Waals surface area contributed by atoms with Gasteiger partial charge in [0.1, 0.15) is 12.1 Å². The van der Waals surface area contributed by atoms with Crippen molar-refractivity contribution in [3.63, 3.8) is 0 Å². The Morgan fingerprint density at radius 2 is 2.13 bits per heavy atom. The Morgan fingerprint density at radius 3 is 2.83 bits per heavy atom. The fraction of sp³-hybridized carbons (Fsp3) is 0.556. The maximum Gasteiger partial charge on any atom is 0.245 e. The van der Waals surface area contributed by atoms with Crippen LogP contribution in [0.15, 0.2) is 18.2 Å². The van der Waals surface area contributed by atoms with Crippen LogP contribution >= 0.6 is 0 Å². The molecule has 1 aromatic rings. The number of hydrogen-bond acceptors (Lipinski definition) is 3. The molecule has 0 unspecified atom stereocenters. The lowest BCUT2D eigenvalue weighted by Crippen LogP contribution is -2.53. The Balaban J connectivity index is 1.77. The highest BCUT2D eigenvalue weighted by atomic mass is 16.5. The Kier molecular flexibility index (Phi) is 4.39. The zero-order valence-electron chi connectivity index (χ0n) is 14.0. The predicted octanol–water partition coefficient (Wildman–Crippen LogP) is 1.87. The van der Waals surface area contributed by atoms with E-state index < -0.39 is 0 Å². The van der Waals surface area contributed by atoms with Crippen LogP contribution in [0.5, 0.6) is 0 Å². The van der Waals surface area contributed by atoms with Crippen molar-refractivity contribution in [2.75, 3.05) is 13.2 Å². The summed E-state index contributed by atoms with van der Waals surface area (Å²) in [6, 6.07) is 5.97. The van der Waals surface area contributed by atoms with Crippen molar-refractivity contribution < 1.29 is 14.3 Å². The average Bonchev–Trinajstić information content (AvgIpc) is 2.96. The summed E-state index contributed by atoms with van der Waals surface area (Å²) in [7, 11) is 0. The molecule has 0 bridgehead atoms. The number of aryl methyl sites for hydroxylation is 2. The van der Waals surface area contributed by atoms with Gasteiger partial charge in [-0.2, -0.15) is 0 Å². The van der Waals surface area contributed by atoms with E-state index in [4.69, 9.17) is 4.74 Å². The monoisotopic (exact) mass is 316 g/mol. The molecule has 0 radical (unpaired) electrons. The number of morpholine rings is 1. The number of nitrogens with zero attached hydrogens (tertiary/aromatic N) is 1. The van der Waals surface area contributed by atoms with E-state index in [9.17, 15) is 9.59 Å². The van der Waals surface area contributed by atoms with Crippen LogP contribution in [0.2, 0.25) is 0 Å². The van der Waals surface area contributed by atoms with Crippen molar-refractivity contribution in [1.29, 1.82) is 0 Å². The highest BCUT2D eigenvalue weighted by Gasteiger charge is 2.37. The lowest BCUT2D eigenvalue weighted by atomic mass is 9.98. The number of amides is 2. The van der Waals surface area contributed by atoms with E-state index in [0.717, 1.165) is 5.56 Å². The number of nitrogens with one attached hydrogen (secondary N) is 1. The Morgan fingerprint density at radius 1 is 1.35 bits per heavy atom. The van der Waals surface area contributed by atoms with E-state index in [1.807, 2.05) is 11.8 Å². The Hall–Kier alpha value is -1.88. The topological polar surface area (TPSA) is 58.6 Å². The first-order valence-corrected chi connectivity index (χ1v) is 8.24. The van der Waals surface area contributed by atoms with Crippen molar-refractivity contribution >= 4 is 11.8 Å². The molecular weight excluding hydrogens is 292 g/mol. The van der Waals surface area contributed by atoms with E-state index in [2.05, 4.69) is 37.4 Å². The SMILES string of the molecule is Cc1ccc(C)c([C@@H]2CN(C(=O)[C@H]3CCC(=O)N3)[C@H](C)CO2)c1. The van der Waals surface area contributed by atoms with Crippen LogP contribution in [0.3, 0.4) is 0 Å². The van der Waals surface area contributed by atoms with Crippen molar-refractivity contribution in [1.82, 2.24) is 10.2 Å². The molecule has 5 nitrogen and oxygen atoms in total. The van der Waals surface area contributed by atoms with Crippen molar-refractivity contribution in [3.05, 3.63) is 34.9 Å². The van der Waals surface area contributed by atoms with Crippen LogP contribution in [0.25, 0.3) is 0 Å². The lowest BCUT2D eigenvalue weighted by Gasteiger charge is -2.39. The molecule has 2 fully saturated rings. The van der Waals surface area contributed by atoms with Gasteiger partial charge in [-0.15, -0.1) is 0 Å². The molecule has 0 saturated carbocycles. The fourth-order valence-electron chi connectivity index (χ4n) is 3.36. The highest BCUT2D eigenvalue weighted by molar-refractivity contribution is 5.91. The second-order valence-corrected chi connectivity index (χ2v) is 6.68. The summed E-state index contributed by atoms with van der Waals surface area (Å²) in [5.41, 5.74) is 3.51. The van der Waals surface area contributed by atoms with Crippen LogP contribution in [-0.4, -0.2) is 41.9 Å². The van der Waals surface area contributed by atoms with E-state index in [0.29, 0.717) is 26.0 Å². The van der Waals surface area contributed by atoms with Gasteiger partial charge in [-0.05, 0) is 38.3 Å². The molecule has 0 aliphatic carbocycles. The fourth-order valence-corrected chi connectivity index (χ4v) is 3.36. The largest absolute Gasteiger partial charge is 0.370 e. The van der Waals surface area contributed by atoms with E-state index in [-0.39, 0.29) is 30.0 Å². The summed E-state index contributed by atoms with van der Waals surface area (Å²) < 4.78 is 6.00. The minimum Gasteiger partial charge on any atom is -0.370 e. The van der Waals surface area contributed by atoms with Gasteiger partial charge in [0.05, 0.1) is 19.2 Å². The van der Waals surface area contributed by atoms with E-state index in [1.54, 1.807) is 0 Å². The second kappa shape index (κ2) is 6.32. The maximum absolute atomic E-state index is 12.7. The zero-order chi connectivity index (χ0) is 16.6. The predicted molar refractivity (Wildman–Crippen MR) is 86.9 cm³/mol. The summed E-state index contributed by atoms with van der Waals surface area (Å²) in [5, 5.41) is 2.78. The van der Waals surface area contributed by atoms with Gasteiger partial charge in [-0.25, -0.2) is 0 Å². The molecule has 124 valence electrons. The number of benzene rings is 1. The molecule has 2 aliphatic rings. The van der Waals surface area contributed by atoms with Crippen LogP contribution in [-0.2, 0) is 14.3 Å². The number of hydrogen-bond donors (Lipinski definition) is 1. The minimum atomic E-state index is -0.373. The normalized spacial score (nSPS) is 27.9. The van der Waals surface area contributed by atoms with Gasteiger partial charge in [0, 0.05) is 6.42 Å². The summed E-state index contributed by atoms with van der Waals surface area (Å²) >= 11 is 0. The molecule has 5 heteroatoms. The van der Waals surface area contributed by atoms with Crippen LogP contribution in [0.4, 0.5) is 0 Å². The molecule has 3 rings (SSSR count). The maximum atomic E-state index is 12.7. The molecule has 23 heavy (non-hydrogen) atoms. The van der Waals surface area contributed by atoms with Gasteiger partial charge in [-0.3, -0.25) is 9.59 Å². The number of ether oxygens (including phenoxy) is 1. The van der Waals surface area contributed by atoms with Gasteiger partial charge in [0.25, 0.3) is 0 Å². The molecule has 2 saturated heterocycles. The molecule has 0 aromatic heterocycles. The Bertz CT molecular complexity index is 629. The third kappa shape index (κ3) is 3.24. The highest BCUT2D eigenvalue weighted by Crippen LogP contribution is 2.29. The van der Waals surface area contributed by atoms with E-state index in [1.165, 1.54) is 11.1 Å². The Labute approximate surface area is 137 Å². The summed E-state index contributed by atoms with van der Waals surface area (Å²) in [4.78, 5) is 26.0. The van der Waals surface area contributed by atoms with Crippen molar-refractivity contribution in [3.8, 4) is 0 Å². The average molecular weight is 316 g/mol. The molecule has 1 N–H and O–H groups in total. The number of carbonyl (C=O) groups excluding carboxylic acids is 2. The first-order chi connectivity index (χ1) is 11.0. The molecule has 2 amide bonds. The number of rotatable bonds is 2. The molecular formula is C18H24N2O3. The van der Waals surface area contributed by atoms with Gasteiger partial charge in [-0.1, -0.05) is 23.8 Å². The second-order valence-electron chi connectivity index (χ2n) is 6.68. The molecule has 2 aliphatic heterocycles. The first-order valence-electron chi connectivity index (χ1n) is 8.24. The molecule has 0 spiro atoms. The van der Waals surface area contributed by atoms with Gasteiger partial charge >= 0.3 is 0 Å². The third-order valence-corrected chi connectivity index (χ3v) is 4.79. The summed E-state index contributed by atoms with van der Waals surface area (Å²) in [5.74, 6) is -0.0164. The van der Waals surface area contributed by atoms with Crippen molar-refractivity contribution in [2.45, 2.75) is 51.8 Å². The standard InChI is InChI=1S/C18H24N2O3/c1-11-4-5-12(2)14(8-11)16-9-20(13(3)10-23-16)18(22)15-6-7-17(21)19-15/h4-5,8,13,15-16H,6-7,9-10H2,1-3H3,(H,19,21)/t13-,15-,16+/m1/s1. The summed E-state index contributed by atoms with van der Waals surface area (Å²) in [6.07, 6.45) is 0.929. The first kappa shape index (κ1) is 16.0. The molecule has 2 heterocycles. The number of carbonyl (C=O) groups is 2. The van der Waals surface area contributed by atoms with Crippen LogP contribution in [0, 0.1) is 13.8 Å². The van der Waals surface area contributed by atoms with Crippen molar-refractivity contribution in [2.24, 2.45) is 0 Å². The third-order valence-electron chi connectivity index (χ3n) is 4.79. The minimum absolute atomic E-state index is 0.0157. The van der Waals surface area contributed by atoms with Gasteiger partial charge in [0.15, 0.2) is 0 Å². The summed E-state index contributed by atoms with van der Waals surface area (Å²) in [6.45, 7) is 7.18. The van der Waals surface area contributed by atoms with Crippen LogP contribution in [0.1, 0.15) is 42.6 Å². The van der Waals surface area contributed by atoms with Gasteiger partial charge < -0.3 is 15.0 Å². The smallest absolute Gasteiger partial charge is 0.245 e. The van der Waals surface area contributed by atoms with Crippen LogP contribution < -0.4 is 5.32 Å². The van der Waals surface area contributed by atoms with E-state index >= 15 is 0 Å². The lowest BCUT2D eigenvalue weighted by molar-refractivity contribution is -0.147. The quantitative estimate of drug-likeness (QED) is 0.906. The van der Waals surface area contributed by atoms with Gasteiger partial charge in [0.2, 0.25) is 11.8 Å².